The molecule has 0 aliphatic heterocycles. The normalized spacial score (nSPS) is 10.4. The number of carbonyl (C=O) groups excluding carboxylic acids is 1. The third-order valence-electron chi connectivity index (χ3n) is 2.95. The lowest BCUT2D eigenvalue weighted by atomic mass is 10.2. The summed E-state index contributed by atoms with van der Waals surface area (Å²) >= 11 is 3.25. The minimum Gasteiger partial charge on any atom is -0.490 e. The van der Waals surface area contributed by atoms with Gasteiger partial charge in [-0.05, 0) is 41.1 Å². The van der Waals surface area contributed by atoms with E-state index in [1.165, 1.54) is 24.3 Å². The van der Waals surface area contributed by atoms with Crippen LogP contribution in [0.15, 0.2) is 46.9 Å². The molecule has 0 fully saturated rings. The Balaban J connectivity index is 2.23. The second-order valence-corrected chi connectivity index (χ2v) is 5.46. The van der Waals surface area contributed by atoms with Crippen molar-refractivity contribution < 1.29 is 18.7 Å². The number of esters is 1. The number of benzene rings is 2. The van der Waals surface area contributed by atoms with E-state index in [9.17, 15) is 9.18 Å². The predicted molar refractivity (Wildman–Crippen MR) is 91.1 cm³/mol. The zero-order valence-corrected chi connectivity index (χ0v) is 14.3. The van der Waals surface area contributed by atoms with Crippen molar-refractivity contribution in [2.45, 2.75) is 6.92 Å². The van der Waals surface area contributed by atoms with Gasteiger partial charge in [-0.15, -0.1) is 0 Å². The first-order valence-electron chi connectivity index (χ1n) is 7.06. The van der Waals surface area contributed by atoms with Gasteiger partial charge in [-0.2, -0.15) is 5.26 Å². The van der Waals surface area contributed by atoms with Gasteiger partial charge >= 0.3 is 5.97 Å². The third-order valence-corrected chi connectivity index (χ3v) is 3.53. The standard InChI is InChI=1S/C18H13BrFNO3/c1-2-23-16-10-12(11-21)9-14(19)18(16)24-17(22)8-7-13-5-3-4-6-15(13)20/h3-10H,2H2,1H3/b8-7+. The van der Waals surface area contributed by atoms with Gasteiger partial charge in [0.25, 0.3) is 0 Å². The van der Waals surface area contributed by atoms with Crippen molar-refractivity contribution in [3.8, 4) is 17.6 Å². The Labute approximate surface area is 147 Å². The van der Waals surface area contributed by atoms with Gasteiger partial charge < -0.3 is 9.47 Å². The summed E-state index contributed by atoms with van der Waals surface area (Å²) in [6.07, 6.45) is 2.45. The fourth-order valence-electron chi connectivity index (χ4n) is 1.90. The lowest BCUT2D eigenvalue weighted by molar-refractivity contribution is -0.129. The second-order valence-electron chi connectivity index (χ2n) is 4.61. The van der Waals surface area contributed by atoms with E-state index < -0.39 is 11.8 Å². The van der Waals surface area contributed by atoms with Crippen LogP contribution in [-0.2, 0) is 4.79 Å². The highest BCUT2D eigenvalue weighted by molar-refractivity contribution is 9.10. The summed E-state index contributed by atoms with van der Waals surface area (Å²) in [6, 6.07) is 11.1. The molecule has 2 aromatic rings. The van der Waals surface area contributed by atoms with Gasteiger partial charge in [0.05, 0.1) is 22.7 Å². The molecule has 24 heavy (non-hydrogen) atoms. The summed E-state index contributed by atoms with van der Waals surface area (Å²) in [7, 11) is 0. The molecule has 0 aliphatic rings. The maximum atomic E-state index is 13.5. The lowest BCUT2D eigenvalue weighted by Gasteiger charge is -2.11. The van der Waals surface area contributed by atoms with Crippen molar-refractivity contribution >= 4 is 28.0 Å². The van der Waals surface area contributed by atoms with Crippen LogP contribution in [-0.4, -0.2) is 12.6 Å². The second kappa shape index (κ2) is 8.27. The molecule has 0 spiro atoms. The Morgan fingerprint density at radius 3 is 2.79 bits per heavy atom. The number of nitrogens with zero attached hydrogens (tertiary/aromatic N) is 1. The molecule has 0 radical (unpaired) electrons. The maximum absolute atomic E-state index is 13.5. The summed E-state index contributed by atoms with van der Waals surface area (Å²) in [5.74, 6) is -0.684. The summed E-state index contributed by atoms with van der Waals surface area (Å²) in [5, 5.41) is 8.98. The third kappa shape index (κ3) is 4.43. The molecule has 2 aromatic carbocycles. The van der Waals surface area contributed by atoms with E-state index in [2.05, 4.69) is 15.9 Å². The molecule has 0 bridgehead atoms. The van der Waals surface area contributed by atoms with Gasteiger partial charge in [-0.1, -0.05) is 18.2 Å². The molecule has 0 amide bonds. The van der Waals surface area contributed by atoms with Crippen LogP contribution in [0.5, 0.6) is 11.5 Å². The van der Waals surface area contributed by atoms with Gasteiger partial charge in [0.1, 0.15) is 5.82 Å². The van der Waals surface area contributed by atoms with Crippen molar-refractivity contribution in [3.05, 3.63) is 63.9 Å². The first-order chi connectivity index (χ1) is 11.5. The highest BCUT2D eigenvalue weighted by Gasteiger charge is 2.15. The molecular formula is C18H13BrFNO3. The lowest BCUT2D eigenvalue weighted by Crippen LogP contribution is -2.07. The molecular weight excluding hydrogens is 377 g/mol. The van der Waals surface area contributed by atoms with Crippen molar-refractivity contribution in [3.63, 3.8) is 0 Å². The Bertz CT molecular complexity index is 827. The first kappa shape index (κ1) is 17.7. The molecule has 0 heterocycles. The Morgan fingerprint density at radius 2 is 2.12 bits per heavy atom. The van der Waals surface area contributed by atoms with Gasteiger partial charge in [0, 0.05) is 17.7 Å². The van der Waals surface area contributed by atoms with Crippen LogP contribution >= 0.6 is 15.9 Å². The summed E-state index contributed by atoms with van der Waals surface area (Å²) in [5.41, 5.74) is 0.644. The summed E-state index contributed by atoms with van der Waals surface area (Å²) in [4.78, 5) is 12.0. The SMILES string of the molecule is CCOc1cc(C#N)cc(Br)c1OC(=O)/C=C/c1ccccc1F. The fraction of sp³-hybridized carbons (Fsp3) is 0.111. The van der Waals surface area contributed by atoms with Crippen molar-refractivity contribution in [1.29, 1.82) is 5.26 Å². The van der Waals surface area contributed by atoms with Crippen LogP contribution in [0.1, 0.15) is 18.1 Å². The zero-order valence-electron chi connectivity index (χ0n) is 12.8. The highest BCUT2D eigenvalue weighted by atomic mass is 79.9. The average Bonchev–Trinajstić information content (AvgIpc) is 2.57. The molecule has 2 rings (SSSR count). The number of halogens is 2. The average molecular weight is 390 g/mol. The predicted octanol–water partition coefficient (Wildman–Crippen LogP) is 4.48. The largest absolute Gasteiger partial charge is 0.490 e. The number of ether oxygens (including phenoxy) is 2. The maximum Gasteiger partial charge on any atom is 0.336 e. The van der Waals surface area contributed by atoms with Crippen molar-refractivity contribution in [2.24, 2.45) is 0 Å². The Hall–Kier alpha value is -2.65. The topological polar surface area (TPSA) is 59.3 Å². The highest BCUT2D eigenvalue weighted by Crippen LogP contribution is 2.37. The van der Waals surface area contributed by atoms with E-state index in [0.29, 0.717) is 16.6 Å². The molecule has 6 heteroatoms. The number of carbonyl (C=O) groups is 1. The first-order valence-corrected chi connectivity index (χ1v) is 7.85. The number of rotatable bonds is 5. The van der Waals surface area contributed by atoms with Crippen LogP contribution < -0.4 is 9.47 Å². The monoisotopic (exact) mass is 389 g/mol. The molecule has 0 N–H and O–H groups in total. The molecule has 0 atom stereocenters. The quantitative estimate of drug-likeness (QED) is 0.429. The molecule has 0 aliphatic carbocycles. The van der Waals surface area contributed by atoms with E-state index in [4.69, 9.17) is 14.7 Å². The number of nitriles is 1. The summed E-state index contributed by atoms with van der Waals surface area (Å²) in [6.45, 7) is 2.12. The van der Waals surface area contributed by atoms with Crippen molar-refractivity contribution in [1.82, 2.24) is 0 Å². The molecule has 122 valence electrons. The van der Waals surface area contributed by atoms with Gasteiger partial charge in [0.2, 0.25) is 0 Å². The molecule has 4 nitrogen and oxygen atoms in total. The van der Waals surface area contributed by atoms with E-state index in [1.54, 1.807) is 25.1 Å². The molecule has 0 saturated heterocycles. The fourth-order valence-corrected chi connectivity index (χ4v) is 2.42. The minimum absolute atomic E-state index is 0.166. The van der Waals surface area contributed by atoms with E-state index in [1.807, 2.05) is 6.07 Å². The van der Waals surface area contributed by atoms with Crippen LogP contribution in [0.25, 0.3) is 6.08 Å². The number of hydrogen-bond acceptors (Lipinski definition) is 4. The smallest absolute Gasteiger partial charge is 0.336 e. The van der Waals surface area contributed by atoms with Crippen LogP contribution in [0, 0.1) is 17.1 Å². The Kier molecular flexibility index (Phi) is 6.10. The van der Waals surface area contributed by atoms with Crippen LogP contribution in [0.3, 0.4) is 0 Å². The van der Waals surface area contributed by atoms with E-state index in [0.717, 1.165) is 6.08 Å². The molecule has 0 saturated carbocycles. The van der Waals surface area contributed by atoms with Crippen LogP contribution in [0.2, 0.25) is 0 Å². The van der Waals surface area contributed by atoms with E-state index >= 15 is 0 Å². The Morgan fingerprint density at radius 1 is 1.38 bits per heavy atom. The summed E-state index contributed by atoms with van der Waals surface area (Å²) < 4.78 is 24.6. The van der Waals surface area contributed by atoms with Crippen LogP contribution in [0.4, 0.5) is 4.39 Å². The van der Waals surface area contributed by atoms with E-state index in [-0.39, 0.29) is 17.1 Å². The van der Waals surface area contributed by atoms with Gasteiger partial charge in [-0.3, -0.25) is 0 Å². The van der Waals surface area contributed by atoms with Gasteiger partial charge in [0.15, 0.2) is 11.5 Å². The van der Waals surface area contributed by atoms with Gasteiger partial charge in [-0.25, -0.2) is 9.18 Å². The van der Waals surface area contributed by atoms with Crippen molar-refractivity contribution in [2.75, 3.05) is 6.61 Å². The zero-order chi connectivity index (χ0) is 17.5. The molecule has 0 aromatic heterocycles. The minimum atomic E-state index is -0.690. The number of hydrogen-bond donors (Lipinski definition) is 0. The molecule has 0 unspecified atom stereocenters.